The van der Waals surface area contributed by atoms with Gasteiger partial charge in [0.2, 0.25) is 0 Å². The van der Waals surface area contributed by atoms with Gasteiger partial charge in [0.25, 0.3) is 11.6 Å². The zero-order valence-electron chi connectivity index (χ0n) is 13.2. The summed E-state index contributed by atoms with van der Waals surface area (Å²) in [5.74, 6) is -0.456. The monoisotopic (exact) mass is 379 g/mol. The van der Waals surface area contributed by atoms with Crippen LogP contribution in [0.1, 0.15) is 23.2 Å². The number of benzene rings is 2. The third-order valence-electron chi connectivity index (χ3n) is 4.06. The van der Waals surface area contributed by atoms with Gasteiger partial charge in [0, 0.05) is 29.7 Å². The number of nitro groups is 1. The quantitative estimate of drug-likeness (QED) is 0.613. The van der Waals surface area contributed by atoms with Crippen LogP contribution in [0, 0.1) is 10.1 Å². The molecule has 1 saturated heterocycles. The van der Waals surface area contributed by atoms with Crippen LogP contribution in [0.2, 0.25) is 10.0 Å². The highest BCUT2D eigenvalue weighted by Gasteiger charge is 2.20. The Morgan fingerprint density at radius 2 is 1.84 bits per heavy atom. The van der Waals surface area contributed by atoms with Crippen LogP contribution in [-0.4, -0.2) is 23.9 Å². The summed E-state index contributed by atoms with van der Waals surface area (Å²) in [5, 5.41) is 14.3. The molecule has 0 aromatic heterocycles. The zero-order valence-corrected chi connectivity index (χ0v) is 14.7. The number of carbonyl (C=O) groups is 1. The molecular weight excluding hydrogens is 365 g/mol. The Morgan fingerprint density at radius 3 is 2.52 bits per heavy atom. The van der Waals surface area contributed by atoms with Gasteiger partial charge in [0.1, 0.15) is 5.02 Å². The summed E-state index contributed by atoms with van der Waals surface area (Å²) in [6.07, 6.45) is 2.19. The topological polar surface area (TPSA) is 75.5 Å². The lowest BCUT2D eigenvalue weighted by atomic mass is 10.1. The van der Waals surface area contributed by atoms with E-state index in [0.29, 0.717) is 10.7 Å². The Hall–Kier alpha value is -2.31. The van der Waals surface area contributed by atoms with Gasteiger partial charge >= 0.3 is 0 Å². The van der Waals surface area contributed by atoms with E-state index < -0.39 is 10.8 Å². The number of anilines is 2. The third-order valence-corrected chi connectivity index (χ3v) is 4.61. The summed E-state index contributed by atoms with van der Waals surface area (Å²) < 4.78 is 0. The lowest BCUT2D eigenvalue weighted by molar-refractivity contribution is -0.384. The van der Waals surface area contributed by atoms with Crippen molar-refractivity contribution in [3.63, 3.8) is 0 Å². The van der Waals surface area contributed by atoms with Crippen LogP contribution < -0.4 is 10.2 Å². The molecule has 1 aliphatic heterocycles. The summed E-state index contributed by atoms with van der Waals surface area (Å²) in [5.41, 5.74) is 1.32. The summed E-state index contributed by atoms with van der Waals surface area (Å²) in [6, 6.07) is 9.28. The predicted octanol–water partition coefficient (Wildman–Crippen LogP) is 4.75. The first-order valence-electron chi connectivity index (χ1n) is 7.75. The van der Waals surface area contributed by atoms with Crippen LogP contribution in [-0.2, 0) is 0 Å². The van der Waals surface area contributed by atoms with Crippen LogP contribution in [0.15, 0.2) is 36.4 Å². The Balaban J connectivity index is 1.89. The number of hydrogen-bond acceptors (Lipinski definition) is 4. The fourth-order valence-electron chi connectivity index (χ4n) is 2.83. The molecule has 2 aromatic carbocycles. The standard InChI is InChI=1S/C17H15Cl2N3O3/c18-12-4-6-15(21-7-1-2-8-21)14(10-12)20-17(23)11-3-5-13(19)16(9-11)22(24)25/h3-6,9-10H,1-2,7-8H2,(H,20,23). The van der Waals surface area contributed by atoms with E-state index in [1.54, 1.807) is 12.1 Å². The molecule has 0 atom stereocenters. The number of rotatable bonds is 4. The SMILES string of the molecule is O=C(Nc1cc(Cl)ccc1N1CCCC1)c1ccc(Cl)c([N+](=O)[O-])c1. The van der Waals surface area contributed by atoms with Gasteiger partial charge in [-0.25, -0.2) is 0 Å². The maximum atomic E-state index is 12.5. The Morgan fingerprint density at radius 1 is 1.12 bits per heavy atom. The van der Waals surface area contributed by atoms with Crippen molar-refractivity contribution in [3.8, 4) is 0 Å². The Kier molecular flexibility index (Phi) is 5.11. The second-order valence-electron chi connectivity index (χ2n) is 5.73. The molecule has 1 aliphatic rings. The van der Waals surface area contributed by atoms with Gasteiger partial charge < -0.3 is 10.2 Å². The highest BCUT2D eigenvalue weighted by molar-refractivity contribution is 6.33. The number of amides is 1. The molecule has 0 bridgehead atoms. The van der Waals surface area contributed by atoms with E-state index in [1.807, 2.05) is 6.07 Å². The number of carbonyl (C=O) groups excluding carboxylic acids is 1. The molecule has 0 unspecified atom stereocenters. The molecule has 3 rings (SSSR count). The van der Waals surface area contributed by atoms with Crippen molar-refractivity contribution in [1.82, 2.24) is 0 Å². The van der Waals surface area contributed by atoms with Crippen molar-refractivity contribution in [2.45, 2.75) is 12.8 Å². The van der Waals surface area contributed by atoms with Crippen LogP contribution in [0.4, 0.5) is 17.1 Å². The second-order valence-corrected chi connectivity index (χ2v) is 6.58. The van der Waals surface area contributed by atoms with E-state index in [4.69, 9.17) is 23.2 Å². The fourth-order valence-corrected chi connectivity index (χ4v) is 3.19. The summed E-state index contributed by atoms with van der Waals surface area (Å²) in [4.78, 5) is 25.1. The van der Waals surface area contributed by atoms with Crippen molar-refractivity contribution in [2.75, 3.05) is 23.3 Å². The second kappa shape index (κ2) is 7.29. The van der Waals surface area contributed by atoms with Crippen LogP contribution in [0.3, 0.4) is 0 Å². The molecule has 0 radical (unpaired) electrons. The summed E-state index contributed by atoms with van der Waals surface area (Å²) in [7, 11) is 0. The normalized spacial score (nSPS) is 13.8. The van der Waals surface area contributed by atoms with Crippen LogP contribution >= 0.6 is 23.2 Å². The minimum atomic E-state index is -0.617. The minimum absolute atomic E-state index is 0.0120. The average Bonchev–Trinajstić information content (AvgIpc) is 3.09. The lowest BCUT2D eigenvalue weighted by Gasteiger charge is -2.22. The van der Waals surface area contributed by atoms with E-state index in [0.717, 1.165) is 37.7 Å². The number of hydrogen-bond donors (Lipinski definition) is 1. The van der Waals surface area contributed by atoms with Gasteiger partial charge in [-0.3, -0.25) is 14.9 Å². The van der Waals surface area contributed by atoms with Crippen molar-refractivity contribution < 1.29 is 9.72 Å². The molecular formula is C17H15Cl2N3O3. The lowest BCUT2D eigenvalue weighted by Crippen LogP contribution is -2.21. The molecule has 0 spiro atoms. The maximum Gasteiger partial charge on any atom is 0.288 e. The molecule has 1 fully saturated rings. The van der Waals surface area contributed by atoms with Gasteiger partial charge in [-0.1, -0.05) is 23.2 Å². The van der Waals surface area contributed by atoms with E-state index in [1.165, 1.54) is 12.1 Å². The number of nitrogens with one attached hydrogen (secondary N) is 1. The number of nitro benzene ring substituents is 1. The first-order chi connectivity index (χ1) is 12.0. The molecule has 6 nitrogen and oxygen atoms in total. The number of nitrogens with zero attached hydrogens (tertiary/aromatic N) is 2. The highest BCUT2D eigenvalue weighted by atomic mass is 35.5. The van der Waals surface area contributed by atoms with E-state index in [2.05, 4.69) is 10.2 Å². The molecule has 1 amide bonds. The zero-order chi connectivity index (χ0) is 18.0. The van der Waals surface area contributed by atoms with E-state index in [9.17, 15) is 14.9 Å². The molecule has 130 valence electrons. The molecule has 0 saturated carbocycles. The first kappa shape index (κ1) is 17.5. The summed E-state index contributed by atoms with van der Waals surface area (Å²) in [6.45, 7) is 1.83. The largest absolute Gasteiger partial charge is 0.370 e. The number of halogens is 2. The molecule has 2 aromatic rings. The predicted molar refractivity (Wildman–Crippen MR) is 99.0 cm³/mol. The molecule has 25 heavy (non-hydrogen) atoms. The van der Waals surface area contributed by atoms with E-state index >= 15 is 0 Å². The molecule has 1 heterocycles. The maximum absolute atomic E-state index is 12.5. The molecule has 1 N–H and O–H groups in total. The molecule has 8 heteroatoms. The van der Waals surface area contributed by atoms with Crippen molar-refractivity contribution in [1.29, 1.82) is 0 Å². The van der Waals surface area contributed by atoms with Crippen LogP contribution in [0.5, 0.6) is 0 Å². The summed E-state index contributed by atoms with van der Waals surface area (Å²) >= 11 is 11.9. The highest BCUT2D eigenvalue weighted by Crippen LogP contribution is 2.32. The Labute approximate surface area is 154 Å². The minimum Gasteiger partial charge on any atom is -0.370 e. The van der Waals surface area contributed by atoms with Gasteiger partial charge in [-0.15, -0.1) is 0 Å². The third kappa shape index (κ3) is 3.86. The van der Waals surface area contributed by atoms with Gasteiger partial charge in [-0.2, -0.15) is 0 Å². The first-order valence-corrected chi connectivity index (χ1v) is 8.51. The smallest absolute Gasteiger partial charge is 0.288 e. The van der Waals surface area contributed by atoms with Crippen molar-refractivity contribution >= 4 is 46.2 Å². The van der Waals surface area contributed by atoms with Gasteiger partial charge in [0.05, 0.1) is 16.3 Å². The van der Waals surface area contributed by atoms with Crippen molar-refractivity contribution in [3.05, 3.63) is 62.1 Å². The average molecular weight is 380 g/mol. The van der Waals surface area contributed by atoms with Gasteiger partial charge in [0.15, 0.2) is 0 Å². The van der Waals surface area contributed by atoms with Gasteiger partial charge in [-0.05, 0) is 43.2 Å². The Bertz CT molecular complexity index is 836. The van der Waals surface area contributed by atoms with E-state index in [-0.39, 0.29) is 16.3 Å². The van der Waals surface area contributed by atoms with Crippen LogP contribution in [0.25, 0.3) is 0 Å². The fraction of sp³-hybridized carbons (Fsp3) is 0.235. The van der Waals surface area contributed by atoms with Crippen molar-refractivity contribution in [2.24, 2.45) is 0 Å². The molecule has 0 aliphatic carbocycles.